The summed E-state index contributed by atoms with van der Waals surface area (Å²) in [5.41, 5.74) is 6.44. The predicted molar refractivity (Wildman–Crippen MR) is 45.5 cm³/mol. The zero-order valence-corrected chi connectivity index (χ0v) is 6.39. The average molecular weight is 168 g/mol. The third-order valence-electron chi connectivity index (χ3n) is 1.52. The number of hydrogen-bond acceptors (Lipinski definition) is 2. The molecule has 0 saturated heterocycles. The lowest BCUT2D eigenvalue weighted by molar-refractivity contribution is 1.36. The van der Waals surface area contributed by atoms with Gasteiger partial charge in [-0.2, -0.15) is 0 Å². The number of anilines is 1. The van der Waals surface area contributed by atoms with E-state index in [1.807, 2.05) is 6.07 Å². The van der Waals surface area contributed by atoms with Crippen LogP contribution in [0.4, 0.5) is 5.82 Å². The van der Waals surface area contributed by atoms with Gasteiger partial charge in [0.2, 0.25) is 0 Å². The molecule has 2 rings (SSSR count). The maximum absolute atomic E-state index is 5.78. The molecule has 2 aromatic rings. The molecule has 0 atom stereocenters. The van der Waals surface area contributed by atoms with Crippen LogP contribution in [0.5, 0.6) is 0 Å². The fraction of sp³-hybridized carbons (Fsp3) is 0. The van der Waals surface area contributed by atoms with Crippen LogP contribution < -0.4 is 5.73 Å². The number of nitrogen functional groups attached to an aromatic ring is 1. The van der Waals surface area contributed by atoms with Crippen molar-refractivity contribution in [3.05, 3.63) is 23.5 Å². The molecule has 3 N–H and O–H groups in total. The topological polar surface area (TPSA) is 54.7 Å². The Bertz CT molecular complexity index is 393. The fourth-order valence-electron chi connectivity index (χ4n) is 1.04. The van der Waals surface area contributed by atoms with Gasteiger partial charge in [-0.1, -0.05) is 11.6 Å². The molecule has 0 spiro atoms. The summed E-state index contributed by atoms with van der Waals surface area (Å²) >= 11 is 5.78. The van der Waals surface area contributed by atoms with Gasteiger partial charge in [0, 0.05) is 11.6 Å². The SMILES string of the molecule is Nc1cc2c(Cl)nccc2[nH]1. The van der Waals surface area contributed by atoms with Gasteiger partial charge in [-0.3, -0.25) is 0 Å². The zero-order chi connectivity index (χ0) is 7.84. The molecule has 0 aromatic carbocycles. The highest BCUT2D eigenvalue weighted by molar-refractivity contribution is 6.34. The first-order chi connectivity index (χ1) is 5.27. The molecule has 11 heavy (non-hydrogen) atoms. The van der Waals surface area contributed by atoms with Crippen LogP contribution in [0.15, 0.2) is 18.3 Å². The summed E-state index contributed by atoms with van der Waals surface area (Å²) < 4.78 is 0. The number of nitrogens with one attached hydrogen (secondary N) is 1. The molecule has 56 valence electrons. The van der Waals surface area contributed by atoms with E-state index in [0.717, 1.165) is 10.9 Å². The van der Waals surface area contributed by atoms with Crippen molar-refractivity contribution in [2.75, 3.05) is 5.73 Å². The van der Waals surface area contributed by atoms with Crippen molar-refractivity contribution in [3.8, 4) is 0 Å². The lowest BCUT2D eigenvalue weighted by atomic mass is 10.3. The van der Waals surface area contributed by atoms with Crippen molar-refractivity contribution in [1.82, 2.24) is 9.97 Å². The summed E-state index contributed by atoms with van der Waals surface area (Å²) in [7, 11) is 0. The van der Waals surface area contributed by atoms with E-state index in [-0.39, 0.29) is 0 Å². The van der Waals surface area contributed by atoms with Crippen molar-refractivity contribution in [2.24, 2.45) is 0 Å². The van der Waals surface area contributed by atoms with Crippen LogP contribution in [0.25, 0.3) is 10.9 Å². The Hall–Kier alpha value is -1.22. The van der Waals surface area contributed by atoms with E-state index in [4.69, 9.17) is 17.3 Å². The van der Waals surface area contributed by atoms with Gasteiger partial charge in [0.25, 0.3) is 0 Å². The van der Waals surface area contributed by atoms with E-state index in [1.54, 1.807) is 12.3 Å². The number of nitrogens with zero attached hydrogens (tertiary/aromatic N) is 1. The monoisotopic (exact) mass is 167 g/mol. The molecular formula is C7H6ClN3. The molecule has 0 unspecified atom stereocenters. The molecule has 4 heteroatoms. The van der Waals surface area contributed by atoms with Gasteiger partial charge in [0.05, 0.1) is 5.52 Å². The van der Waals surface area contributed by atoms with Crippen LogP contribution in [0.1, 0.15) is 0 Å². The molecule has 3 nitrogen and oxygen atoms in total. The Morgan fingerprint density at radius 3 is 3.09 bits per heavy atom. The maximum atomic E-state index is 5.78. The van der Waals surface area contributed by atoms with Crippen molar-refractivity contribution in [3.63, 3.8) is 0 Å². The number of aromatic amines is 1. The average Bonchev–Trinajstić information content (AvgIpc) is 2.31. The standard InChI is InChI=1S/C7H6ClN3/c8-7-4-3-6(9)11-5(4)1-2-10-7/h1-3,11H,9H2. The maximum Gasteiger partial charge on any atom is 0.138 e. The Morgan fingerprint density at radius 1 is 1.55 bits per heavy atom. The number of hydrogen-bond donors (Lipinski definition) is 2. The second kappa shape index (κ2) is 2.13. The second-order valence-electron chi connectivity index (χ2n) is 2.29. The number of H-pyrrole nitrogens is 1. The van der Waals surface area contributed by atoms with Gasteiger partial charge in [-0.05, 0) is 12.1 Å². The highest BCUT2D eigenvalue weighted by Gasteiger charge is 2.01. The Balaban J connectivity index is 2.90. The first-order valence-electron chi connectivity index (χ1n) is 3.16. The third-order valence-corrected chi connectivity index (χ3v) is 1.82. The smallest absolute Gasteiger partial charge is 0.138 e. The van der Waals surface area contributed by atoms with Gasteiger partial charge in [0.15, 0.2) is 0 Å². The zero-order valence-electron chi connectivity index (χ0n) is 5.63. The van der Waals surface area contributed by atoms with Crippen LogP contribution >= 0.6 is 11.6 Å². The van der Waals surface area contributed by atoms with Crippen LogP contribution in [0.2, 0.25) is 5.15 Å². The first-order valence-corrected chi connectivity index (χ1v) is 3.54. The van der Waals surface area contributed by atoms with Crippen molar-refractivity contribution < 1.29 is 0 Å². The summed E-state index contributed by atoms with van der Waals surface area (Å²) in [6, 6.07) is 3.60. The summed E-state index contributed by atoms with van der Waals surface area (Å²) in [5, 5.41) is 1.35. The molecule has 0 fully saturated rings. The highest BCUT2D eigenvalue weighted by Crippen LogP contribution is 2.22. The van der Waals surface area contributed by atoms with Gasteiger partial charge in [0.1, 0.15) is 11.0 Å². The highest BCUT2D eigenvalue weighted by atomic mass is 35.5. The molecular weight excluding hydrogens is 162 g/mol. The molecule has 0 aliphatic heterocycles. The normalized spacial score (nSPS) is 10.6. The summed E-state index contributed by atoms with van der Waals surface area (Å²) in [6.45, 7) is 0. The molecule has 0 aliphatic carbocycles. The number of rotatable bonds is 0. The van der Waals surface area contributed by atoms with E-state index in [2.05, 4.69) is 9.97 Å². The molecule has 0 bridgehead atoms. The van der Waals surface area contributed by atoms with E-state index in [9.17, 15) is 0 Å². The fourth-order valence-corrected chi connectivity index (χ4v) is 1.25. The quantitative estimate of drug-likeness (QED) is 0.588. The van der Waals surface area contributed by atoms with E-state index in [0.29, 0.717) is 11.0 Å². The van der Waals surface area contributed by atoms with Crippen LogP contribution in [-0.4, -0.2) is 9.97 Å². The number of nitrogens with two attached hydrogens (primary N) is 1. The molecule has 2 aromatic heterocycles. The predicted octanol–water partition coefficient (Wildman–Crippen LogP) is 1.80. The van der Waals surface area contributed by atoms with E-state index < -0.39 is 0 Å². The van der Waals surface area contributed by atoms with Gasteiger partial charge < -0.3 is 10.7 Å². The molecule has 0 saturated carbocycles. The lowest BCUT2D eigenvalue weighted by Gasteiger charge is -1.88. The molecule has 0 aliphatic rings. The summed E-state index contributed by atoms with van der Waals surface area (Å²) in [4.78, 5) is 6.86. The van der Waals surface area contributed by atoms with Crippen LogP contribution in [0, 0.1) is 0 Å². The second-order valence-corrected chi connectivity index (χ2v) is 2.65. The molecule has 0 amide bonds. The summed E-state index contributed by atoms with van der Waals surface area (Å²) in [5.74, 6) is 0.606. The minimum Gasteiger partial charge on any atom is -0.385 e. The Labute approximate surface area is 68.2 Å². The van der Waals surface area contributed by atoms with Crippen molar-refractivity contribution in [1.29, 1.82) is 0 Å². The Morgan fingerprint density at radius 2 is 2.36 bits per heavy atom. The van der Waals surface area contributed by atoms with Crippen LogP contribution in [-0.2, 0) is 0 Å². The van der Waals surface area contributed by atoms with Gasteiger partial charge in [-0.25, -0.2) is 4.98 Å². The minimum atomic E-state index is 0.482. The van der Waals surface area contributed by atoms with E-state index in [1.165, 1.54) is 0 Å². The molecule has 2 heterocycles. The van der Waals surface area contributed by atoms with Crippen molar-refractivity contribution >= 4 is 28.3 Å². The Kier molecular flexibility index (Phi) is 1.26. The first kappa shape index (κ1) is 6.49. The van der Waals surface area contributed by atoms with E-state index >= 15 is 0 Å². The minimum absolute atomic E-state index is 0.482. The van der Waals surface area contributed by atoms with Gasteiger partial charge >= 0.3 is 0 Å². The number of aromatic nitrogens is 2. The largest absolute Gasteiger partial charge is 0.385 e. The summed E-state index contributed by atoms with van der Waals surface area (Å²) in [6.07, 6.45) is 1.64. The third kappa shape index (κ3) is 0.935. The lowest BCUT2D eigenvalue weighted by Crippen LogP contribution is -1.80. The number of halogens is 1. The van der Waals surface area contributed by atoms with Crippen molar-refractivity contribution in [2.45, 2.75) is 0 Å². The van der Waals surface area contributed by atoms with Crippen LogP contribution in [0.3, 0.4) is 0 Å². The van der Waals surface area contributed by atoms with Gasteiger partial charge in [-0.15, -0.1) is 0 Å². The number of pyridine rings is 1. The number of fused-ring (bicyclic) bond motifs is 1. The molecule has 0 radical (unpaired) electrons.